The summed E-state index contributed by atoms with van der Waals surface area (Å²) in [6, 6.07) is 4.03. The van der Waals surface area contributed by atoms with Crippen LogP contribution < -0.4 is 0 Å². The van der Waals surface area contributed by atoms with Gasteiger partial charge in [0.1, 0.15) is 0 Å². The molecule has 0 aliphatic carbocycles. The first-order valence-electron chi connectivity index (χ1n) is 5.72. The largest absolute Gasteiger partial charge is 0.338 e. The molecule has 0 bridgehead atoms. The van der Waals surface area contributed by atoms with E-state index in [1.165, 1.54) is 4.88 Å². The predicted octanol–water partition coefficient (Wildman–Crippen LogP) is 3.31. The Morgan fingerprint density at radius 3 is 2.75 bits per heavy atom. The number of alkyl halides is 1. The molecule has 1 amide bonds. The summed E-state index contributed by atoms with van der Waals surface area (Å²) in [6.07, 6.45) is 3.15. The lowest BCUT2D eigenvalue weighted by Gasteiger charge is -2.29. The van der Waals surface area contributed by atoms with E-state index in [0.717, 1.165) is 37.2 Å². The minimum atomic E-state index is 0.212. The van der Waals surface area contributed by atoms with Crippen LogP contribution in [0.15, 0.2) is 12.1 Å². The second kappa shape index (κ2) is 5.32. The van der Waals surface area contributed by atoms with E-state index in [1.807, 2.05) is 11.0 Å². The van der Waals surface area contributed by atoms with E-state index in [-0.39, 0.29) is 5.91 Å². The fraction of sp³-hybridized carbons (Fsp3) is 0.583. The molecule has 2 heterocycles. The van der Waals surface area contributed by atoms with Crippen molar-refractivity contribution in [1.29, 1.82) is 0 Å². The van der Waals surface area contributed by atoms with E-state index in [0.29, 0.717) is 4.83 Å². The third kappa shape index (κ3) is 2.66. The Balaban J connectivity index is 2.01. The standard InChI is InChI=1S/C12H16BrNOS/c1-2-10-3-4-11(16-10)12(15)14-7-5-9(13)6-8-14/h3-4,9H,2,5-8H2,1H3. The number of carbonyl (C=O) groups excluding carboxylic acids is 1. The number of carbonyl (C=O) groups is 1. The van der Waals surface area contributed by atoms with Gasteiger partial charge in [-0.2, -0.15) is 0 Å². The zero-order valence-corrected chi connectivity index (χ0v) is 11.8. The molecule has 16 heavy (non-hydrogen) atoms. The third-order valence-corrected chi connectivity index (χ3v) is 5.07. The van der Waals surface area contributed by atoms with Crippen molar-refractivity contribution < 1.29 is 4.79 Å². The van der Waals surface area contributed by atoms with Crippen LogP contribution in [0.3, 0.4) is 0 Å². The number of hydrogen-bond donors (Lipinski definition) is 0. The highest BCUT2D eigenvalue weighted by atomic mass is 79.9. The maximum absolute atomic E-state index is 12.2. The number of aryl methyl sites for hydroxylation is 1. The molecule has 1 saturated heterocycles. The Morgan fingerprint density at radius 2 is 2.19 bits per heavy atom. The van der Waals surface area contributed by atoms with Gasteiger partial charge < -0.3 is 4.90 Å². The lowest BCUT2D eigenvalue weighted by atomic mass is 10.1. The highest BCUT2D eigenvalue weighted by molar-refractivity contribution is 9.09. The van der Waals surface area contributed by atoms with E-state index in [2.05, 4.69) is 28.9 Å². The summed E-state index contributed by atoms with van der Waals surface area (Å²) in [4.78, 5) is 16.9. The monoisotopic (exact) mass is 301 g/mol. The van der Waals surface area contributed by atoms with Crippen molar-refractivity contribution in [2.24, 2.45) is 0 Å². The quantitative estimate of drug-likeness (QED) is 0.768. The van der Waals surface area contributed by atoms with Crippen molar-refractivity contribution in [3.8, 4) is 0 Å². The SMILES string of the molecule is CCc1ccc(C(=O)N2CCC(Br)CC2)s1. The minimum absolute atomic E-state index is 0.212. The summed E-state index contributed by atoms with van der Waals surface area (Å²) in [6.45, 7) is 3.89. The molecule has 1 aliphatic heterocycles. The van der Waals surface area contributed by atoms with Crippen molar-refractivity contribution in [2.45, 2.75) is 31.0 Å². The molecular weight excluding hydrogens is 286 g/mol. The van der Waals surface area contributed by atoms with Crippen LogP contribution in [0.4, 0.5) is 0 Å². The summed E-state index contributed by atoms with van der Waals surface area (Å²) in [5, 5.41) is 0. The molecule has 0 atom stereocenters. The van der Waals surface area contributed by atoms with Gasteiger partial charge in [0.2, 0.25) is 0 Å². The fourth-order valence-corrected chi connectivity index (χ4v) is 3.21. The van der Waals surface area contributed by atoms with Crippen molar-refractivity contribution in [1.82, 2.24) is 4.90 Å². The van der Waals surface area contributed by atoms with Crippen molar-refractivity contribution in [3.05, 3.63) is 21.9 Å². The Labute approximate surface area is 109 Å². The van der Waals surface area contributed by atoms with Crippen LogP contribution in [0, 0.1) is 0 Å². The molecule has 1 aromatic rings. The number of rotatable bonds is 2. The number of nitrogens with zero attached hydrogens (tertiary/aromatic N) is 1. The predicted molar refractivity (Wildman–Crippen MR) is 71.5 cm³/mol. The van der Waals surface area contributed by atoms with E-state index in [4.69, 9.17) is 0 Å². The normalized spacial score (nSPS) is 17.8. The molecule has 1 aromatic heterocycles. The minimum Gasteiger partial charge on any atom is -0.338 e. The summed E-state index contributed by atoms with van der Waals surface area (Å²) in [5.41, 5.74) is 0. The van der Waals surface area contributed by atoms with Gasteiger partial charge in [-0.05, 0) is 31.4 Å². The molecular formula is C12H16BrNOS. The maximum atomic E-state index is 12.2. The van der Waals surface area contributed by atoms with Gasteiger partial charge in [0.05, 0.1) is 4.88 Å². The summed E-state index contributed by atoms with van der Waals surface area (Å²) >= 11 is 5.23. The molecule has 0 N–H and O–H groups in total. The van der Waals surface area contributed by atoms with Crippen LogP contribution in [0.5, 0.6) is 0 Å². The third-order valence-electron chi connectivity index (χ3n) is 2.93. The van der Waals surface area contributed by atoms with Crippen molar-refractivity contribution in [2.75, 3.05) is 13.1 Å². The van der Waals surface area contributed by atoms with Crippen LogP contribution in [-0.4, -0.2) is 28.7 Å². The number of piperidine rings is 1. The molecule has 88 valence electrons. The topological polar surface area (TPSA) is 20.3 Å². The second-order valence-corrected chi connectivity index (χ2v) is 6.55. The number of hydrogen-bond acceptors (Lipinski definition) is 2. The zero-order valence-electron chi connectivity index (χ0n) is 9.41. The van der Waals surface area contributed by atoms with Crippen LogP contribution in [0.25, 0.3) is 0 Å². The van der Waals surface area contributed by atoms with Crippen LogP contribution in [-0.2, 0) is 6.42 Å². The maximum Gasteiger partial charge on any atom is 0.263 e. The highest BCUT2D eigenvalue weighted by Gasteiger charge is 2.22. The van der Waals surface area contributed by atoms with E-state index in [1.54, 1.807) is 11.3 Å². The van der Waals surface area contributed by atoms with Crippen LogP contribution >= 0.6 is 27.3 Å². The van der Waals surface area contributed by atoms with Gasteiger partial charge in [0.15, 0.2) is 0 Å². The van der Waals surface area contributed by atoms with Gasteiger partial charge in [0.25, 0.3) is 5.91 Å². The van der Waals surface area contributed by atoms with Gasteiger partial charge in [0, 0.05) is 22.8 Å². The van der Waals surface area contributed by atoms with Gasteiger partial charge in [-0.15, -0.1) is 11.3 Å². The van der Waals surface area contributed by atoms with Gasteiger partial charge in [-0.1, -0.05) is 22.9 Å². The van der Waals surface area contributed by atoms with Gasteiger partial charge in [-0.25, -0.2) is 0 Å². The van der Waals surface area contributed by atoms with Gasteiger partial charge in [-0.3, -0.25) is 4.79 Å². The second-order valence-electron chi connectivity index (χ2n) is 4.09. The first-order chi connectivity index (χ1) is 7.70. The molecule has 2 nitrogen and oxygen atoms in total. The molecule has 0 radical (unpaired) electrons. The van der Waals surface area contributed by atoms with Gasteiger partial charge >= 0.3 is 0 Å². The van der Waals surface area contributed by atoms with E-state index in [9.17, 15) is 4.79 Å². The van der Waals surface area contributed by atoms with E-state index < -0.39 is 0 Å². The molecule has 2 rings (SSSR count). The number of likely N-dealkylation sites (tertiary alicyclic amines) is 1. The Morgan fingerprint density at radius 1 is 1.50 bits per heavy atom. The molecule has 4 heteroatoms. The molecule has 0 saturated carbocycles. The molecule has 1 aliphatic rings. The Bertz CT molecular complexity index is 369. The molecule has 0 spiro atoms. The van der Waals surface area contributed by atoms with Crippen LogP contribution in [0.2, 0.25) is 0 Å². The average molecular weight is 302 g/mol. The summed E-state index contributed by atoms with van der Waals surface area (Å²) in [7, 11) is 0. The average Bonchev–Trinajstić information content (AvgIpc) is 2.77. The van der Waals surface area contributed by atoms with Crippen molar-refractivity contribution >= 4 is 33.2 Å². The first kappa shape index (κ1) is 12.1. The number of halogens is 1. The summed E-state index contributed by atoms with van der Waals surface area (Å²) < 4.78 is 0. The lowest BCUT2D eigenvalue weighted by Crippen LogP contribution is -2.38. The zero-order chi connectivity index (χ0) is 11.5. The van der Waals surface area contributed by atoms with Crippen molar-refractivity contribution in [3.63, 3.8) is 0 Å². The molecule has 0 aromatic carbocycles. The lowest BCUT2D eigenvalue weighted by molar-refractivity contribution is 0.0733. The molecule has 0 unspecified atom stereocenters. The Hall–Kier alpha value is -0.350. The Kier molecular flexibility index (Phi) is 4.03. The molecule has 1 fully saturated rings. The first-order valence-corrected chi connectivity index (χ1v) is 7.46. The number of amides is 1. The number of thiophene rings is 1. The summed E-state index contributed by atoms with van der Waals surface area (Å²) in [5.74, 6) is 0.212. The van der Waals surface area contributed by atoms with Crippen LogP contribution in [0.1, 0.15) is 34.3 Å². The van der Waals surface area contributed by atoms with E-state index >= 15 is 0 Å². The smallest absolute Gasteiger partial charge is 0.263 e. The fourth-order valence-electron chi connectivity index (χ4n) is 1.89. The highest BCUT2D eigenvalue weighted by Crippen LogP contribution is 2.22.